The highest BCUT2D eigenvalue weighted by atomic mass is 32.1. The standard InChI is InChI=1S/C23H22N2O2S/c1-3-17-6-8-18(9-7-17)20-14-28-22-21(20)23(26)25(15-24-22)12-13-27-19-10-4-16(2)5-11-19/h4-11,14-15H,3,12-13H2,1-2H3. The van der Waals surface area contributed by atoms with Gasteiger partial charge in [-0.05, 0) is 36.6 Å². The molecular weight excluding hydrogens is 368 g/mol. The molecule has 0 radical (unpaired) electrons. The molecule has 0 saturated carbocycles. The molecule has 0 fully saturated rings. The van der Waals surface area contributed by atoms with E-state index in [9.17, 15) is 4.79 Å². The molecule has 0 spiro atoms. The molecule has 4 nitrogen and oxygen atoms in total. The minimum absolute atomic E-state index is 0.0201. The van der Waals surface area contributed by atoms with Crippen molar-refractivity contribution in [2.24, 2.45) is 0 Å². The molecule has 0 aliphatic heterocycles. The Morgan fingerprint density at radius 3 is 2.54 bits per heavy atom. The number of hydrogen-bond donors (Lipinski definition) is 0. The molecule has 0 saturated heterocycles. The van der Waals surface area contributed by atoms with E-state index < -0.39 is 0 Å². The Morgan fingerprint density at radius 1 is 1.07 bits per heavy atom. The van der Waals surface area contributed by atoms with Crippen LogP contribution in [0.5, 0.6) is 5.75 Å². The molecule has 0 amide bonds. The van der Waals surface area contributed by atoms with E-state index in [-0.39, 0.29) is 5.56 Å². The van der Waals surface area contributed by atoms with Crippen molar-refractivity contribution >= 4 is 21.6 Å². The minimum Gasteiger partial charge on any atom is -0.492 e. The molecule has 142 valence electrons. The molecule has 2 heterocycles. The number of rotatable bonds is 6. The Kier molecular flexibility index (Phi) is 5.26. The number of aromatic nitrogens is 2. The summed E-state index contributed by atoms with van der Waals surface area (Å²) < 4.78 is 7.40. The van der Waals surface area contributed by atoms with Gasteiger partial charge in [-0.2, -0.15) is 0 Å². The fourth-order valence-corrected chi connectivity index (χ4v) is 4.06. The molecule has 28 heavy (non-hydrogen) atoms. The van der Waals surface area contributed by atoms with E-state index in [1.54, 1.807) is 10.9 Å². The lowest BCUT2D eigenvalue weighted by atomic mass is 10.0. The third-order valence-corrected chi connectivity index (χ3v) is 5.74. The quantitative estimate of drug-likeness (QED) is 0.461. The van der Waals surface area contributed by atoms with Crippen molar-refractivity contribution in [3.8, 4) is 16.9 Å². The lowest BCUT2D eigenvalue weighted by Crippen LogP contribution is -2.23. The zero-order valence-electron chi connectivity index (χ0n) is 16.0. The molecule has 0 aliphatic rings. The summed E-state index contributed by atoms with van der Waals surface area (Å²) in [6, 6.07) is 16.3. The number of fused-ring (bicyclic) bond motifs is 1. The Bertz CT molecular complexity index is 1140. The van der Waals surface area contributed by atoms with Crippen LogP contribution in [0.3, 0.4) is 0 Å². The van der Waals surface area contributed by atoms with Crippen LogP contribution in [0, 0.1) is 6.92 Å². The van der Waals surface area contributed by atoms with Crippen molar-refractivity contribution in [3.05, 3.63) is 81.7 Å². The van der Waals surface area contributed by atoms with Crippen LogP contribution in [0.15, 0.2) is 65.0 Å². The first-order chi connectivity index (χ1) is 13.7. The number of thiophene rings is 1. The van der Waals surface area contributed by atoms with E-state index in [0.29, 0.717) is 18.5 Å². The molecule has 0 N–H and O–H groups in total. The first-order valence-corrected chi connectivity index (χ1v) is 10.3. The fraction of sp³-hybridized carbons (Fsp3) is 0.217. The molecule has 5 heteroatoms. The zero-order chi connectivity index (χ0) is 19.5. The first kappa shape index (κ1) is 18.4. The highest BCUT2D eigenvalue weighted by Gasteiger charge is 2.13. The monoisotopic (exact) mass is 390 g/mol. The molecule has 0 aliphatic carbocycles. The zero-order valence-corrected chi connectivity index (χ0v) is 16.8. The summed E-state index contributed by atoms with van der Waals surface area (Å²) >= 11 is 1.51. The summed E-state index contributed by atoms with van der Waals surface area (Å²) in [4.78, 5) is 18.3. The van der Waals surface area contributed by atoms with Crippen molar-refractivity contribution < 1.29 is 4.74 Å². The predicted octanol–water partition coefficient (Wildman–Crippen LogP) is 5.07. The molecular formula is C23H22N2O2S. The van der Waals surface area contributed by atoms with Crippen LogP contribution in [0.25, 0.3) is 21.3 Å². The van der Waals surface area contributed by atoms with Gasteiger partial charge >= 0.3 is 0 Å². The van der Waals surface area contributed by atoms with Gasteiger partial charge in [-0.25, -0.2) is 4.98 Å². The van der Waals surface area contributed by atoms with Crippen LogP contribution >= 0.6 is 11.3 Å². The molecule has 0 bridgehead atoms. The van der Waals surface area contributed by atoms with Crippen LogP contribution in [0.4, 0.5) is 0 Å². The van der Waals surface area contributed by atoms with Crippen molar-refractivity contribution in [3.63, 3.8) is 0 Å². The van der Waals surface area contributed by atoms with Crippen molar-refractivity contribution in [1.82, 2.24) is 9.55 Å². The van der Waals surface area contributed by atoms with Crippen molar-refractivity contribution in [1.29, 1.82) is 0 Å². The molecule has 4 aromatic rings. The third kappa shape index (κ3) is 3.71. The van der Waals surface area contributed by atoms with Gasteiger partial charge in [0.05, 0.1) is 18.3 Å². The maximum atomic E-state index is 13.1. The fourth-order valence-electron chi connectivity index (χ4n) is 3.16. The summed E-state index contributed by atoms with van der Waals surface area (Å²) in [6.45, 7) is 5.05. The van der Waals surface area contributed by atoms with Gasteiger partial charge in [0.1, 0.15) is 17.2 Å². The van der Waals surface area contributed by atoms with Gasteiger partial charge in [-0.1, -0.05) is 48.9 Å². The van der Waals surface area contributed by atoms with Gasteiger partial charge in [0.2, 0.25) is 0 Å². The van der Waals surface area contributed by atoms with E-state index in [1.807, 2.05) is 36.6 Å². The van der Waals surface area contributed by atoms with Crippen LogP contribution in [0.2, 0.25) is 0 Å². The molecule has 0 unspecified atom stereocenters. The highest BCUT2D eigenvalue weighted by molar-refractivity contribution is 7.17. The molecule has 2 aromatic carbocycles. The van der Waals surface area contributed by atoms with E-state index in [1.165, 1.54) is 22.5 Å². The summed E-state index contributed by atoms with van der Waals surface area (Å²) in [6.07, 6.45) is 2.61. The molecule has 4 rings (SSSR count). The molecule has 0 atom stereocenters. The Labute approximate surface area is 168 Å². The Morgan fingerprint density at radius 2 is 1.82 bits per heavy atom. The van der Waals surface area contributed by atoms with Gasteiger partial charge < -0.3 is 4.74 Å². The lowest BCUT2D eigenvalue weighted by molar-refractivity contribution is 0.296. The molecule has 2 aromatic heterocycles. The van der Waals surface area contributed by atoms with Crippen molar-refractivity contribution in [2.75, 3.05) is 6.61 Å². The number of aryl methyl sites for hydroxylation is 2. The summed E-state index contributed by atoms with van der Waals surface area (Å²) in [5.74, 6) is 0.805. The van der Waals surface area contributed by atoms with E-state index in [4.69, 9.17) is 4.74 Å². The van der Waals surface area contributed by atoms with Crippen LogP contribution in [-0.4, -0.2) is 16.2 Å². The SMILES string of the molecule is CCc1ccc(-c2csc3ncn(CCOc4ccc(C)cc4)c(=O)c23)cc1. The van der Waals surface area contributed by atoms with E-state index >= 15 is 0 Å². The summed E-state index contributed by atoms with van der Waals surface area (Å²) in [5, 5.41) is 2.71. The number of benzene rings is 2. The smallest absolute Gasteiger partial charge is 0.262 e. The van der Waals surface area contributed by atoms with Crippen molar-refractivity contribution in [2.45, 2.75) is 26.8 Å². The second-order valence-corrected chi connectivity index (χ2v) is 7.64. The van der Waals surface area contributed by atoms with Gasteiger partial charge in [-0.15, -0.1) is 11.3 Å². The van der Waals surface area contributed by atoms with E-state index in [2.05, 4.69) is 36.2 Å². The van der Waals surface area contributed by atoms with Gasteiger partial charge in [0.15, 0.2) is 0 Å². The van der Waals surface area contributed by atoms with Gasteiger partial charge in [0.25, 0.3) is 5.56 Å². The van der Waals surface area contributed by atoms with Gasteiger partial charge in [0, 0.05) is 10.9 Å². The van der Waals surface area contributed by atoms with Crippen LogP contribution in [0.1, 0.15) is 18.1 Å². The minimum atomic E-state index is -0.0201. The number of ether oxygens (including phenoxy) is 1. The van der Waals surface area contributed by atoms with Crippen LogP contribution < -0.4 is 10.3 Å². The maximum Gasteiger partial charge on any atom is 0.262 e. The number of nitrogens with zero attached hydrogens (tertiary/aromatic N) is 2. The van der Waals surface area contributed by atoms with E-state index in [0.717, 1.165) is 28.1 Å². The third-order valence-electron chi connectivity index (χ3n) is 4.86. The topological polar surface area (TPSA) is 44.1 Å². The Balaban J connectivity index is 1.58. The van der Waals surface area contributed by atoms with Gasteiger partial charge in [-0.3, -0.25) is 9.36 Å². The average molecular weight is 391 g/mol. The van der Waals surface area contributed by atoms with Crippen LogP contribution in [-0.2, 0) is 13.0 Å². The Hall–Kier alpha value is -2.92. The second-order valence-electron chi connectivity index (χ2n) is 6.78. The second kappa shape index (κ2) is 7.98. The average Bonchev–Trinajstić information content (AvgIpc) is 3.16. The summed E-state index contributed by atoms with van der Waals surface area (Å²) in [7, 11) is 0. The highest BCUT2D eigenvalue weighted by Crippen LogP contribution is 2.30. The predicted molar refractivity (Wildman–Crippen MR) is 115 cm³/mol. The summed E-state index contributed by atoms with van der Waals surface area (Å²) in [5.41, 5.74) is 4.46. The largest absolute Gasteiger partial charge is 0.492 e. The number of hydrogen-bond acceptors (Lipinski definition) is 4. The lowest BCUT2D eigenvalue weighted by Gasteiger charge is -2.09. The maximum absolute atomic E-state index is 13.1. The normalized spacial score (nSPS) is 11.1. The first-order valence-electron chi connectivity index (χ1n) is 9.41.